The highest BCUT2D eigenvalue weighted by Crippen LogP contribution is 2.19. The Morgan fingerprint density at radius 3 is 2.94 bits per heavy atom. The lowest BCUT2D eigenvalue weighted by atomic mass is 10.2. The zero-order valence-corrected chi connectivity index (χ0v) is 10.4. The second kappa shape index (κ2) is 5.14. The van der Waals surface area contributed by atoms with Crippen molar-refractivity contribution < 1.29 is 4.42 Å². The molecule has 1 unspecified atom stereocenters. The van der Waals surface area contributed by atoms with Crippen LogP contribution in [0.4, 0.5) is 6.01 Å². The number of nitrogens with zero attached hydrogens (tertiary/aromatic N) is 3. The van der Waals surface area contributed by atoms with Gasteiger partial charge in [0.2, 0.25) is 5.89 Å². The van der Waals surface area contributed by atoms with Crippen LogP contribution in [-0.4, -0.2) is 15.2 Å². The van der Waals surface area contributed by atoms with Gasteiger partial charge in [0.05, 0.1) is 0 Å². The fraction of sp³-hybridized carbons (Fsp3) is 0.364. The number of alkyl halides is 1. The third kappa shape index (κ3) is 2.94. The van der Waals surface area contributed by atoms with Gasteiger partial charge >= 0.3 is 6.01 Å². The van der Waals surface area contributed by atoms with Crippen molar-refractivity contribution in [2.45, 2.75) is 25.8 Å². The van der Waals surface area contributed by atoms with E-state index >= 15 is 0 Å². The van der Waals surface area contributed by atoms with Crippen LogP contribution in [0, 0.1) is 6.92 Å². The topological polar surface area (TPSA) is 63.8 Å². The number of halogens is 1. The van der Waals surface area contributed by atoms with Crippen molar-refractivity contribution >= 4 is 17.6 Å². The quantitative estimate of drug-likeness (QED) is 0.848. The Hall–Kier alpha value is -1.62. The first-order valence-electron chi connectivity index (χ1n) is 5.27. The average molecular weight is 253 g/mol. The number of nitrogens with one attached hydrogen (secondary N) is 1. The van der Waals surface area contributed by atoms with Gasteiger partial charge in [0.15, 0.2) is 0 Å². The number of rotatable bonds is 4. The molecule has 1 N–H and O–H groups in total. The molecule has 0 amide bonds. The molecule has 2 rings (SSSR count). The van der Waals surface area contributed by atoms with Crippen molar-refractivity contribution in [3.05, 3.63) is 35.5 Å². The van der Waals surface area contributed by atoms with Gasteiger partial charge in [-0.3, -0.25) is 4.98 Å². The third-order valence-electron chi connectivity index (χ3n) is 2.36. The van der Waals surface area contributed by atoms with Crippen LogP contribution in [0.15, 0.2) is 22.9 Å². The van der Waals surface area contributed by atoms with Gasteiger partial charge in [0.1, 0.15) is 5.38 Å². The summed E-state index contributed by atoms with van der Waals surface area (Å²) in [5.41, 5.74) is 2.25. The lowest BCUT2D eigenvalue weighted by molar-refractivity contribution is 0.505. The second-order valence-electron chi connectivity index (χ2n) is 3.72. The molecule has 2 aromatic rings. The number of pyridine rings is 1. The van der Waals surface area contributed by atoms with Crippen LogP contribution < -0.4 is 5.32 Å². The van der Waals surface area contributed by atoms with E-state index in [0.29, 0.717) is 18.5 Å². The van der Waals surface area contributed by atoms with Crippen molar-refractivity contribution in [2.75, 3.05) is 5.32 Å². The summed E-state index contributed by atoms with van der Waals surface area (Å²) in [6.07, 6.45) is 3.57. The van der Waals surface area contributed by atoms with Crippen LogP contribution in [0.5, 0.6) is 0 Å². The highest BCUT2D eigenvalue weighted by atomic mass is 35.5. The van der Waals surface area contributed by atoms with Gasteiger partial charge in [-0.15, -0.1) is 16.7 Å². The standard InChI is InChI=1S/C11H13ClN4O/c1-7-3-4-13-5-9(7)6-14-11-16-15-10(17-11)8(2)12/h3-5,8H,6H2,1-2H3,(H,14,16). The van der Waals surface area contributed by atoms with Crippen molar-refractivity contribution in [3.63, 3.8) is 0 Å². The van der Waals surface area contributed by atoms with Crippen molar-refractivity contribution in [1.82, 2.24) is 15.2 Å². The van der Waals surface area contributed by atoms with Crippen LogP contribution in [0.2, 0.25) is 0 Å². The minimum Gasteiger partial charge on any atom is -0.406 e. The van der Waals surface area contributed by atoms with E-state index in [1.807, 2.05) is 19.2 Å². The molecule has 6 heteroatoms. The Morgan fingerprint density at radius 1 is 1.47 bits per heavy atom. The maximum Gasteiger partial charge on any atom is 0.315 e. The fourth-order valence-corrected chi connectivity index (χ4v) is 1.41. The van der Waals surface area contributed by atoms with Crippen molar-refractivity contribution in [2.24, 2.45) is 0 Å². The largest absolute Gasteiger partial charge is 0.406 e. The summed E-state index contributed by atoms with van der Waals surface area (Å²) < 4.78 is 5.32. The molecular formula is C11H13ClN4O. The van der Waals surface area contributed by atoms with Crippen LogP contribution in [0.3, 0.4) is 0 Å². The van der Waals surface area contributed by atoms with Gasteiger partial charge in [-0.25, -0.2) is 0 Å². The summed E-state index contributed by atoms with van der Waals surface area (Å²) in [5, 5.41) is 10.4. The normalized spacial score (nSPS) is 12.4. The summed E-state index contributed by atoms with van der Waals surface area (Å²) in [7, 11) is 0. The molecule has 17 heavy (non-hydrogen) atoms. The summed E-state index contributed by atoms with van der Waals surface area (Å²) in [4.78, 5) is 4.06. The van der Waals surface area contributed by atoms with Crippen LogP contribution in [-0.2, 0) is 6.54 Å². The molecule has 0 bridgehead atoms. The average Bonchev–Trinajstić information content (AvgIpc) is 2.77. The predicted molar refractivity (Wildman–Crippen MR) is 64.9 cm³/mol. The SMILES string of the molecule is Cc1ccncc1CNc1nnc(C(C)Cl)o1. The molecule has 0 saturated carbocycles. The number of hydrogen-bond donors (Lipinski definition) is 1. The zero-order chi connectivity index (χ0) is 12.3. The first-order chi connectivity index (χ1) is 8.16. The van der Waals surface area contributed by atoms with E-state index in [1.54, 1.807) is 13.1 Å². The second-order valence-corrected chi connectivity index (χ2v) is 4.37. The molecule has 1 atom stereocenters. The molecule has 5 nitrogen and oxygen atoms in total. The van der Waals surface area contributed by atoms with Gasteiger partial charge in [-0.05, 0) is 31.0 Å². The molecule has 0 saturated heterocycles. The molecule has 2 aromatic heterocycles. The first kappa shape index (κ1) is 11.9. The Kier molecular flexibility index (Phi) is 3.58. The van der Waals surface area contributed by atoms with Gasteiger partial charge in [-0.1, -0.05) is 5.10 Å². The zero-order valence-electron chi connectivity index (χ0n) is 9.64. The maximum atomic E-state index is 5.82. The Labute approximate surface area is 104 Å². The van der Waals surface area contributed by atoms with Crippen molar-refractivity contribution in [3.8, 4) is 0 Å². The van der Waals surface area contributed by atoms with Crippen molar-refractivity contribution in [1.29, 1.82) is 0 Å². The van der Waals surface area contributed by atoms with Gasteiger partial charge in [0.25, 0.3) is 0 Å². The molecule has 0 fully saturated rings. The summed E-state index contributed by atoms with van der Waals surface area (Å²) >= 11 is 5.82. The van der Waals surface area contributed by atoms with E-state index in [0.717, 1.165) is 11.1 Å². The summed E-state index contributed by atoms with van der Waals surface area (Å²) in [6, 6.07) is 2.33. The molecule has 0 aliphatic carbocycles. The monoisotopic (exact) mass is 252 g/mol. The number of aryl methyl sites for hydroxylation is 1. The lowest BCUT2D eigenvalue weighted by Gasteiger charge is -2.04. The number of anilines is 1. The lowest BCUT2D eigenvalue weighted by Crippen LogP contribution is -2.01. The Morgan fingerprint density at radius 2 is 2.29 bits per heavy atom. The van der Waals surface area contributed by atoms with E-state index in [1.165, 1.54) is 0 Å². The van der Waals surface area contributed by atoms with E-state index in [2.05, 4.69) is 20.5 Å². The minimum absolute atomic E-state index is 0.279. The van der Waals surface area contributed by atoms with Crippen LogP contribution in [0.25, 0.3) is 0 Å². The molecule has 0 radical (unpaired) electrons. The predicted octanol–water partition coefficient (Wildman–Crippen LogP) is 2.68. The summed E-state index contributed by atoms with van der Waals surface area (Å²) in [6.45, 7) is 4.40. The van der Waals surface area contributed by atoms with E-state index in [9.17, 15) is 0 Å². The fourth-order valence-electron chi connectivity index (χ4n) is 1.32. The summed E-state index contributed by atoms with van der Waals surface area (Å²) in [5.74, 6) is 0.414. The van der Waals surface area contributed by atoms with Gasteiger partial charge in [0, 0.05) is 18.9 Å². The molecule has 0 aliphatic rings. The van der Waals surface area contributed by atoms with E-state index < -0.39 is 0 Å². The molecule has 0 spiro atoms. The molecule has 0 aromatic carbocycles. The molecule has 0 aliphatic heterocycles. The highest BCUT2D eigenvalue weighted by molar-refractivity contribution is 6.20. The van der Waals surface area contributed by atoms with Gasteiger partial charge in [-0.2, -0.15) is 0 Å². The first-order valence-corrected chi connectivity index (χ1v) is 5.71. The van der Waals surface area contributed by atoms with E-state index in [4.69, 9.17) is 16.0 Å². The molecule has 90 valence electrons. The molecular weight excluding hydrogens is 240 g/mol. The van der Waals surface area contributed by atoms with E-state index in [-0.39, 0.29) is 5.38 Å². The highest BCUT2D eigenvalue weighted by Gasteiger charge is 2.10. The van der Waals surface area contributed by atoms with Crippen LogP contribution in [0.1, 0.15) is 29.3 Å². The maximum absolute atomic E-state index is 5.82. The molecule has 2 heterocycles. The smallest absolute Gasteiger partial charge is 0.315 e. The number of hydrogen-bond acceptors (Lipinski definition) is 5. The van der Waals surface area contributed by atoms with Crippen LogP contribution >= 0.6 is 11.6 Å². The third-order valence-corrected chi connectivity index (χ3v) is 2.55. The number of aromatic nitrogens is 3. The Bertz CT molecular complexity index is 498. The van der Waals surface area contributed by atoms with Gasteiger partial charge < -0.3 is 9.73 Å². The Balaban J connectivity index is 2.00. The minimum atomic E-state index is -0.279.